The standard InChI is InChI=1S/C13H23NO3/c1-17-13(16)9-10-14-12(15)8-7-11-5-3-2-4-6-11/h11H,2-10H2,1H3,(H,14,15). The first kappa shape index (κ1) is 14.0. The van der Waals surface area contributed by atoms with Crippen molar-refractivity contribution in [2.24, 2.45) is 5.92 Å². The van der Waals surface area contributed by atoms with Crippen molar-refractivity contribution in [3.63, 3.8) is 0 Å². The minimum Gasteiger partial charge on any atom is -0.469 e. The molecule has 0 saturated heterocycles. The Morgan fingerprint density at radius 3 is 2.53 bits per heavy atom. The predicted octanol–water partition coefficient (Wildman–Crippen LogP) is 2.03. The summed E-state index contributed by atoms with van der Waals surface area (Å²) < 4.78 is 4.50. The smallest absolute Gasteiger partial charge is 0.307 e. The Labute approximate surface area is 103 Å². The summed E-state index contributed by atoms with van der Waals surface area (Å²) in [5, 5.41) is 2.75. The van der Waals surface area contributed by atoms with Crippen molar-refractivity contribution < 1.29 is 14.3 Å². The number of carbonyl (C=O) groups excluding carboxylic acids is 2. The lowest BCUT2D eigenvalue weighted by molar-refractivity contribution is -0.140. The minimum atomic E-state index is -0.280. The predicted molar refractivity (Wildman–Crippen MR) is 65.5 cm³/mol. The van der Waals surface area contributed by atoms with Crippen molar-refractivity contribution in [3.8, 4) is 0 Å². The fraction of sp³-hybridized carbons (Fsp3) is 0.846. The van der Waals surface area contributed by atoms with Crippen LogP contribution in [0.1, 0.15) is 51.4 Å². The highest BCUT2D eigenvalue weighted by Gasteiger charge is 2.14. The molecule has 4 nitrogen and oxygen atoms in total. The Morgan fingerprint density at radius 1 is 1.18 bits per heavy atom. The molecule has 1 N–H and O–H groups in total. The van der Waals surface area contributed by atoms with Gasteiger partial charge in [-0.3, -0.25) is 9.59 Å². The van der Waals surface area contributed by atoms with Crippen LogP contribution in [0.4, 0.5) is 0 Å². The summed E-state index contributed by atoms with van der Waals surface area (Å²) in [6.45, 7) is 0.385. The van der Waals surface area contributed by atoms with Gasteiger partial charge in [0.2, 0.25) is 5.91 Å². The first-order chi connectivity index (χ1) is 8.22. The average Bonchev–Trinajstić information content (AvgIpc) is 2.37. The lowest BCUT2D eigenvalue weighted by atomic mass is 9.86. The summed E-state index contributed by atoms with van der Waals surface area (Å²) in [6.07, 6.45) is 8.36. The molecule has 0 spiro atoms. The Hall–Kier alpha value is -1.06. The molecule has 0 atom stereocenters. The monoisotopic (exact) mass is 241 g/mol. The molecule has 0 aromatic rings. The number of hydrogen-bond acceptors (Lipinski definition) is 3. The molecule has 98 valence electrons. The Morgan fingerprint density at radius 2 is 1.88 bits per heavy atom. The van der Waals surface area contributed by atoms with Gasteiger partial charge in [-0.2, -0.15) is 0 Å². The molecule has 0 radical (unpaired) electrons. The van der Waals surface area contributed by atoms with E-state index in [1.54, 1.807) is 0 Å². The maximum atomic E-state index is 11.5. The van der Waals surface area contributed by atoms with Gasteiger partial charge < -0.3 is 10.1 Å². The van der Waals surface area contributed by atoms with Crippen LogP contribution in [-0.4, -0.2) is 25.5 Å². The third kappa shape index (κ3) is 6.29. The molecular formula is C13H23NO3. The van der Waals surface area contributed by atoms with Gasteiger partial charge in [0.05, 0.1) is 13.5 Å². The maximum Gasteiger partial charge on any atom is 0.307 e. The molecular weight excluding hydrogens is 218 g/mol. The number of esters is 1. The van der Waals surface area contributed by atoms with E-state index in [1.807, 2.05) is 0 Å². The van der Waals surface area contributed by atoms with E-state index in [0.29, 0.717) is 13.0 Å². The van der Waals surface area contributed by atoms with Crippen LogP contribution < -0.4 is 5.32 Å². The fourth-order valence-electron chi connectivity index (χ4n) is 2.31. The largest absolute Gasteiger partial charge is 0.469 e. The van der Waals surface area contributed by atoms with Crippen LogP contribution in [0.3, 0.4) is 0 Å². The summed E-state index contributed by atoms with van der Waals surface area (Å²) in [5.41, 5.74) is 0. The first-order valence-electron chi connectivity index (χ1n) is 6.56. The maximum absolute atomic E-state index is 11.5. The van der Waals surface area contributed by atoms with Crippen LogP contribution in [0.25, 0.3) is 0 Å². The molecule has 1 saturated carbocycles. The number of methoxy groups -OCH3 is 1. The van der Waals surface area contributed by atoms with E-state index in [1.165, 1.54) is 39.2 Å². The van der Waals surface area contributed by atoms with Crippen molar-refractivity contribution in [3.05, 3.63) is 0 Å². The highest BCUT2D eigenvalue weighted by Crippen LogP contribution is 2.27. The summed E-state index contributed by atoms with van der Waals surface area (Å²) in [4.78, 5) is 22.3. The van der Waals surface area contributed by atoms with Crippen molar-refractivity contribution >= 4 is 11.9 Å². The van der Waals surface area contributed by atoms with Crippen LogP contribution in [-0.2, 0) is 14.3 Å². The second-order valence-corrected chi connectivity index (χ2v) is 4.72. The zero-order valence-corrected chi connectivity index (χ0v) is 10.7. The Balaban J connectivity index is 2.02. The quantitative estimate of drug-likeness (QED) is 0.724. The Kier molecular flexibility index (Phi) is 6.67. The third-order valence-electron chi connectivity index (χ3n) is 3.38. The molecule has 1 aliphatic rings. The summed E-state index contributed by atoms with van der Waals surface area (Å²) in [7, 11) is 1.35. The van der Waals surface area contributed by atoms with E-state index in [0.717, 1.165) is 12.3 Å². The van der Waals surface area contributed by atoms with Gasteiger partial charge in [-0.05, 0) is 12.3 Å². The van der Waals surface area contributed by atoms with E-state index >= 15 is 0 Å². The minimum absolute atomic E-state index is 0.0551. The van der Waals surface area contributed by atoms with Gasteiger partial charge in [-0.25, -0.2) is 0 Å². The number of rotatable bonds is 6. The molecule has 1 fully saturated rings. The second kappa shape index (κ2) is 8.09. The molecule has 1 rings (SSSR count). The first-order valence-corrected chi connectivity index (χ1v) is 6.56. The topological polar surface area (TPSA) is 55.4 Å². The van der Waals surface area contributed by atoms with E-state index in [2.05, 4.69) is 10.1 Å². The number of carbonyl (C=O) groups is 2. The molecule has 0 bridgehead atoms. The molecule has 0 aromatic carbocycles. The highest BCUT2D eigenvalue weighted by molar-refractivity contribution is 5.76. The molecule has 17 heavy (non-hydrogen) atoms. The summed E-state index contributed by atoms with van der Waals surface area (Å²) >= 11 is 0. The molecule has 0 aromatic heterocycles. The summed E-state index contributed by atoms with van der Waals surface area (Å²) in [5.74, 6) is 0.507. The van der Waals surface area contributed by atoms with Crippen LogP contribution in [0, 0.1) is 5.92 Å². The van der Waals surface area contributed by atoms with Gasteiger partial charge >= 0.3 is 5.97 Å². The van der Waals surface area contributed by atoms with Gasteiger partial charge in [0.1, 0.15) is 0 Å². The van der Waals surface area contributed by atoms with Gasteiger partial charge in [-0.1, -0.05) is 32.1 Å². The van der Waals surface area contributed by atoms with Gasteiger partial charge in [0.15, 0.2) is 0 Å². The van der Waals surface area contributed by atoms with E-state index in [-0.39, 0.29) is 18.3 Å². The molecule has 1 aliphatic carbocycles. The van der Waals surface area contributed by atoms with E-state index in [4.69, 9.17) is 0 Å². The average molecular weight is 241 g/mol. The van der Waals surface area contributed by atoms with Crippen LogP contribution in [0.15, 0.2) is 0 Å². The van der Waals surface area contributed by atoms with E-state index in [9.17, 15) is 9.59 Å². The van der Waals surface area contributed by atoms with Gasteiger partial charge in [0, 0.05) is 13.0 Å². The van der Waals surface area contributed by atoms with Crippen molar-refractivity contribution in [1.29, 1.82) is 0 Å². The summed E-state index contributed by atoms with van der Waals surface area (Å²) in [6, 6.07) is 0. The van der Waals surface area contributed by atoms with Crippen molar-refractivity contribution in [2.45, 2.75) is 51.4 Å². The molecule has 1 amide bonds. The van der Waals surface area contributed by atoms with Crippen molar-refractivity contribution in [1.82, 2.24) is 5.32 Å². The SMILES string of the molecule is COC(=O)CCNC(=O)CCC1CCCCC1. The number of amides is 1. The van der Waals surface area contributed by atoms with E-state index < -0.39 is 0 Å². The number of ether oxygens (including phenoxy) is 1. The zero-order chi connectivity index (χ0) is 12.5. The Bertz CT molecular complexity index is 247. The number of nitrogens with one attached hydrogen (secondary N) is 1. The molecule has 4 heteroatoms. The van der Waals surface area contributed by atoms with Crippen LogP contribution >= 0.6 is 0 Å². The molecule has 0 unspecified atom stereocenters. The molecule has 0 heterocycles. The lowest BCUT2D eigenvalue weighted by Gasteiger charge is -2.20. The van der Waals surface area contributed by atoms with Crippen LogP contribution in [0.5, 0.6) is 0 Å². The normalized spacial score (nSPS) is 16.5. The van der Waals surface area contributed by atoms with Gasteiger partial charge in [0.25, 0.3) is 0 Å². The fourth-order valence-corrected chi connectivity index (χ4v) is 2.31. The van der Waals surface area contributed by atoms with Gasteiger partial charge in [-0.15, -0.1) is 0 Å². The zero-order valence-electron chi connectivity index (χ0n) is 10.7. The van der Waals surface area contributed by atoms with Crippen molar-refractivity contribution in [2.75, 3.05) is 13.7 Å². The number of hydrogen-bond donors (Lipinski definition) is 1. The van der Waals surface area contributed by atoms with Crippen LogP contribution in [0.2, 0.25) is 0 Å². The third-order valence-corrected chi connectivity index (χ3v) is 3.38. The highest BCUT2D eigenvalue weighted by atomic mass is 16.5. The lowest BCUT2D eigenvalue weighted by Crippen LogP contribution is -2.26. The molecule has 0 aliphatic heterocycles. The second-order valence-electron chi connectivity index (χ2n) is 4.72.